The number of aliphatic hydroxyl groups is 1. The number of aliphatic imine (C=N–C) groups is 1. The van der Waals surface area contributed by atoms with Crippen LogP contribution in [-0.4, -0.2) is 50.5 Å². The second-order valence-corrected chi connectivity index (χ2v) is 4.85. The van der Waals surface area contributed by atoms with Crippen molar-refractivity contribution in [3.8, 4) is 0 Å². The van der Waals surface area contributed by atoms with Crippen molar-refractivity contribution in [1.82, 2.24) is 10.6 Å². The summed E-state index contributed by atoms with van der Waals surface area (Å²) in [5.41, 5.74) is 0.0623. The Hall–Kier alpha value is -0.0800. The Morgan fingerprint density at radius 1 is 1.50 bits per heavy atom. The maximum atomic E-state index is 9.24. The molecular formula is C12H26IN3O2. The Bertz CT molecular complexity index is 258. The van der Waals surface area contributed by atoms with Crippen molar-refractivity contribution in [3.63, 3.8) is 0 Å². The van der Waals surface area contributed by atoms with E-state index < -0.39 is 0 Å². The van der Waals surface area contributed by atoms with Crippen molar-refractivity contribution in [3.05, 3.63) is 0 Å². The van der Waals surface area contributed by atoms with Crippen LogP contribution < -0.4 is 10.6 Å². The first kappa shape index (κ1) is 17.9. The monoisotopic (exact) mass is 371 g/mol. The fourth-order valence-corrected chi connectivity index (χ4v) is 1.63. The molecule has 0 spiro atoms. The van der Waals surface area contributed by atoms with E-state index >= 15 is 0 Å². The van der Waals surface area contributed by atoms with Crippen LogP contribution in [0.2, 0.25) is 0 Å². The van der Waals surface area contributed by atoms with Gasteiger partial charge in [0.1, 0.15) is 0 Å². The van der Waals surface area contributed by atoms with Crippen LogP contribution in [0.4, 0.5) is 0 Å². The molecule has 0 bridgehead atoms. The molecule has 0 amide bonds. The summed E-state index contributed by atoms with van der Waals surface area (Å²) in [6.45, 7) is 6.50. The molecule has 1 fully saturated rings. The van der Waals surface area contributed by atoms with Gasteiger partial charge in [0.15, 0.2) is 5.96 Å². The predicted molar refractivity (Wildman–Crippen MR) is 84.6 cm³/mol. The van der Waals surface area contributed by atoms with Crippen LogP contribution in [0.15, 0.2) is 4.99 Å². The molecule has 0 aliphatic heterocycles. The minimum atomic E-state index is 0. The third-order valence-corrected chi connectivity index (χ3v) is 3.01. The van der Waals surface area contributed by atoms with Crippen molar-refractivity contribution in [2.75, 3.05) is 33.4 Å². The first-order valence-electron chi connectivity index (χ1n) is 6.30. The summed E-state index contributed by atoms with van der Waals surface area (Å²) >= 11 is 0. The number of hydrogen-bond acceptors (Lipinski definition) is 3. The van der Waals surface area contributed by atoms with Crippen molar-refractivity contribution >= 4 is 29.9 Å². The molecule has 0 saturated heterocycles. The summed E-state index contributed by atoms with van der Waals surface area (Å²) in [4.78, 5) is 4.52. The number of nitrogens with one attached hydrogen (secondary N) is 2. The fraction of sp³-hybridized carbons (Fsp3) is 0.917. The van der Waals surface area contributed by atoms with Gasteiger partial charge in [-0.1, -0.05) is 0 Å². The van der Waals surface area contributed by atoms with E-state index in [0.29, 0.717) is 13.2 Å². The van der Waals surface area contributed by atoms with Crippen molar-refractivity contribution in [2.24, 2.45) is 10.4 Å². The Balaban J connectivity index is 0.00000289. The molecule has 0 aromatic heterocycles. The molecule has 18 heavy (non-hydrogen) atoms. The first-order valence-corrected chi connectivity index (χ1v) is 6.30. The summed E-state index contributed by atoms with van der Waals surface area (Å²) in [6, 6.07) is 0.224. The number of halogens is 1. The molecule has 1 unspecified atom stereocenters. The molecule has 6 heteroatoms. The van der Waals surface area contributed by atoms with Gasteiger partial charge in [-0.2, -0.15) is 0 Å². The van der Waals surface area contributed by atoms with Crippen molar-refractivity contribution in [1.29, 1.82) is 0 Å². The number of rotatable bonds is 7. The minimum Gasteiger partial charge on any atom is -0.396 e. The predicted octanol–water partition coefficient (Wildman–Crippen LogP) is 0.967. The van der Waals surface area contributed by atoms with Gasteiger partial charge in [0.25, 0.3) is 0 Å². The normalized spacial score (nSPS) is 18.8. The molecule has 1 aliphatic carbocycles. The highest BCUT2D eigenvalue weighted by Gasteiger charge is 2.41. The van der Waals surface area contributed by atoms with Crippen molar-refractivity contribution in [2.45, 2.75) is 32.7 Å². The first-order chi connectivity index (χ1) is 8.15. The van der Waals surface area contributed by atoms with Crippen LogP contribution in [0.3, 0.4) is 0 Å². The zero-order chi connectivity index (χ0) is 12.7. The van der Waals surface area contributed by atoms with Crippen LogP contribution in [0.1, 0.15) is 26.7 Å². The number of hydrogen-bond donors (Lipinski definition) is 3. The molecule has 0 radical (unpaired) electrons. The molecule has 0 heterocycles. The zero-order valence-electron chi connectivity index (χ0n) is 11.5. The summed E-state index contributed by atoms with van der Waals surface area (Å²) in [5, 5.41) is 15.7. The minimum absolute atomic E-state index is 0. The van der Waals surface area contributed by atoms with Crippen LogP contribution in [0.25, 0.3) is 0 Å². The van der Waals surface area contributed by atoms with Crippen LogP contribution in [0.5, 0.6) is 0 Å². The SMILES string of the molecule is CCNC(=NCC1(CO)CC1)NC(C)COC.I. The fourth-order valence-electron chi connectivity index (χ4n) is 1.63. The highest BCUT2D eigenvalue weighted by atomic mass is 127. The number of nitrogens with zero attached hydrogens (tertiary/aromatic N) is 1. The molecule has 1 saturated carbocycles. The van der Waals surface area contributed by atoms with Crippen LogP contribution >= 0.6 is 24.0 Å². The molecule has 0 aromatic carbocycles. The Morgan fingerprint density at radius 2 is 2.17 bits per heavy atom. The van der Waals surface area contributed by atoms with E-state index in [9.17, 15) is 5.11 Å². The van der Waals surface area contributed by atoms with Gasteiger partial charge in [-0.15, -0.1) is 24.0 Å². The number of guanidine groups is 1. The molecule has 5 nitrogen and oxygen atoms in total. The largest absolute Gasteiger partial charge is 0.396 e. The van der Waals surface area contributed by atoms with E-state index in [1.54, 1.807) is 7.11 Å². The second kappa shape index (κ2) is 8.92. The van der Waals surface area contributed by atoms with Gasteiger partial charge in [0.2, 0.25) is 0 Å². The van der Waals surface area contributed by atoms with Crippen molar-refractivity contribution < 1.29 is 9.84 Å². The quantitative estimate of drug-likeness (QED) is 0.355. The number of aliphatic hydroxyl groups excluding tert-OH is 1. The van der Waals surface area contributed by atoms with E-state index in [1.807, 2.05) is 6.92 Å². The number of ether oxygens (including phenoxy) is 1. The summed E-state index contributed by atoms with van der Waals surface area (Å²) in [7, 11) is 1.69. The smallest absolute Gasteiger partial charge is 0.191 e. The van der Waals surface area contributed by atoms with E-state index in [-0.39, 0.29) is 42.0 Å². The molecule has 1 atom stereocenters. The average Bonchev–Trinajstić information content (AvgIpc) is 3.07. The Labute approximate surface area is 127 Å². The standard InChI is InChI=1S/C12H25N3O2.HI/c1-4-13-11(15-10(2)7-17-3)14-8-12(9-16)5-6-12;/h10,16H,4-9H2,1-3H3,(H2,13,14,15);1H. The van der Waals surface area contributed by atoms with E-state index in [2.05, 4.69) is 22.5 Å². The lowest BCUT2D eigenvalue weighted by molar-refractivity contribution is 0.179. The highest BCUT2D eigenvalue weighted by Crippen LogP contribution is 2.45. The second-order valence-electron chi connectivity index (χ2n) is 4.85. The van der Waals surface area contributed by atoms with E-state index in [4.69, 9.17) is 4.74 Å². The van der Waals surface area contributed by atoms with Gasteiger partial charge in [0.05, 0.1) is 19.8 Å². The van der Waals surface area contributed by atoms with E-state index in [0.717, 1.165) is 25.3 Å². The lowest BCUT2D eigenvalue weighted by atomic mass is 10.1. The molecule has 108 valence electrons. The van der Waals surface area contributed by atoms with Gasteiger partial charge in [-0.05, 0) is 26.7 Å². The van der Waals surface area contributed by atoms with Gasteiger partial charge < -0.3 is 20.5 Å². The van der Waals surface area contributed by atoms with Gasteiger partial charge in [-0.25, -0.2) is 0 Å². The van der Waals surface area contributed by atoms with Gasteiger partial charge in [0, 0.05) is 25.1 Å². The number of methoxy groups -OCH3 is 1. The molecular weight excluding hydrogens is 345 g/mol. The maximum absolute atomic E-state index is 9.24. The average molecular weight is 371 g/mol. The van der Waals surface area contributed by atoms with Gasteiger partial charge >= 0.3 is 0 Å². The zero-order valence-corrected chi connectivity index (χ0v) is 13.9. The summed E-state index contributed by atoms with van der Waals surface area (Å²) in [6.07, 6.45) is 2.17. The topological polar surface area (TPSA) is 65.9 Å². The molecule has 1 aliphatic rings. The summed E-state index contributed by atoms with van der Waals surface area (Å²) in [5.74, 6) is 0.803. The highest BCUT2D eigenvalue weighted by molar-refractivity contribution is 14.0. The third-order valence-electron chi connectivity index (χ3n) is 3.01. The van der Waals surface area contributed by atoms with Gasteiger partial charge in [-0.3, -0.25) is 4.99 Å². The molecule has 0 aromatic rings. The third kappa shape index (κ3) is 6.19. The van der Waals surface area contributed by atoms with Crippen LogP contribution in [-0.2, 0) is 4.74 Å². The van der Waals surface area contributed by atoms with E-state index in [1.165, 1.54) is 0 Å². The summed E-state index contributed by atoms with van der Waals surface area (Å²) < 4.78 is 5.08. The molecule has 1 rings (SSSR count). The lowest BCUT2D eigenvalue weighted by Gasteiger charge is -2.18. The lowest BCUT2D eigenvalue weighted by Crippen LogP contribution is -2.44. The molecule has 3 N–H and O–H groups in total. The maximum Gasteiger partial charge on any atom is 0.191 e. The Kier molecular flexibility index (Phi) is 8.89. The Morgan fingerprint density at radius 3 is 2.61 bits per heavy atom. The van der Waals surface area contributed by atoms with Crippen LogP contribution in [0, 0.1) is 5.41 Å².